The average Bonchev–Trinajstić information content (AvgIpc) is 3.08. The number of benzene rings is 1. The number of nitrogens with one attached hydrogen (secondary N) is 2. The topological polar surface area (TPSA) is 108 Å². The fourth-order valence-electron chi connectivity index (χ4n) is 3.97. The summed E-state index contributed by atoms with van der Waals surface area (Å²) in [5.41, 5.74) is 1.69. The zero-order valence-corrected chi connectivity index (χ0v) is 21.0. The number of hydrogen-bond donors (Lipinski definition) is 3. The van der Waals surface area contributed by atoms with E-state index in [1.54, 1.807) is 30.5 Å². The second-order valence-corrected chi connectivity index (χ2v) is 9.64. The normalized spacial score (nSPS) is 14.6. The van der Waals surface area contributed by atoms with E-state index in [-0.39, 0.29) is 36.1 Å². The van der Waals surface area contributed by atoms with Crippen LogP contribution in [0.3, 0.4) is 0 Å². The molecule has 4 amide bonds. The molecule has 0 radical (unpaired) electrons. The smallest absolute Gasteiger partial charge is 0.261 e. The van der Waals surface area contributed by atoms with E-state index in [1.807, 2.05) is 32.0 Å². The first-order chi connectivity index (χ1) is 16.8. The molecule has 2 heterocycles. The molecule has 8 nitrogen and oxygen atoms in total. The van der Waals surface area contributed by atoms with Crippen molar-refractivity contribution in [2.45, 2.75) is 50.8 Å². The minimum absolute atomic E-state index is 0.203. The third kappa shape index (κ3) is 7.14. The Morgan fingerprint density at radius 3 is 2.26 bits per heavy atom. The molecule has 0 fully saturated rings. The molecule has 186 valence electrons. The van der Waals surface area contributed by atoms with Crippen LogP contribution in [-0.4, -0.2) is 57.9 Å². The number of carbonyl (C=O) groups excluding carboxylic acids is 4. The highest BCUT2D eigenvalue weighted by Gasteiger charge is 2.34. The van der Waals surface area contributed by atoms with Gasteiger partial charge in [-0.05, 0) is 49.4 Å². The Morgan fingerprint density at radius 1 is 1.00 bits per heavy atom. The maximum Gasteiger partial charge on any atom is 0.261 e. The van der Waals surface area contributed by atoms with Crippen LogP contribution in [0.2, 0.25) is 0 Å². The summed E-state index contributed by atoms with van der Waals surface area (Å²) in [6.45, 7) is 4.60. The largest absolute Gasteiger partial charge is 0.354 e. The number of amides is 4. The van der Waals surface area contributed by atoms with E-state index in [1.165, 1.54) is 4.90 Å². The minimum atomic E-state index is -0.669. The van der Waals surface area contributed by atoms with Gasteiger partial charge in [0.1, 0.15) is 6.04 Å². The fraction of sp³-hybridized carbons (Fsp3) is 0.423. The molecule has 2 aromatic rings. The molecule has 2 N–H and O–H groups in total. The predicted octanol–water partition coefficient (Wildman–Crippen LogP) is 2.65. The van der Waals surface area contributed by atoms with Crippen LogP contribution < -0.4 is 10.6 Å². The lowest BCUT2D eigenvalue weighted by atomic mass is 10.0. The monoisotopic (exact) mass is 496 g/mol. The molecule has 1 aromatic heterocycles. The molecule has 35 heavy (non-hydrogen) atoms. The Hall–Kier alpha value is -3.20. The third-order valence-corrected chi connectivity index (χ3v) is 6.28. The number of fused-ring (bicyclic) bond motifs is 1. The zero-order chi connectivity index (χ0) is 25.4. The van der Waals surface area contributed by atoms with Crippen LogP contribution in [0.5, 0.6) is 0 Å². The summed E-state index contributed by atoms with van der Waals surface area (Å²) in [6.07, 6.45) is 3.59. The van der Waals surface area contributed by atoms with Crippen molar-refractivity contribution in [1.29, 1.82) is 0 Å². The second kappa shape index (κ2) is 12.5. The Morgan fingerprint density at radius 2 is 1.66 bits per heavy atom. The summed E-state index contributed by atoms with van der Waals surface area (Å²) in [4.78, 5) is 55.9. The zero-order valence-electron chi connectivity index (χ0n) is 20.1. The van der Waals surface area contributed by atoms with Crippen LogP contribution in [-0.2, 0) is 16.0 Å². The van der Waals surface area contributed by atoms with Gasteiger partial charge >= 0.3 is 0 Å². The summed E-state index contributed by atoms with van der Waals surface area (Å²) < 4.78 is 0. The molecular weight excluding hydrogens is 464 g/mol. The summed E-state index contributed by atoms with van der Waals surface area (Å²) in [6, 6.07) is 11.7. The number of aromatic nitrogens is 1. The maximum atomic E-state index is 12.7. The van der Waals surface area contributed by atoms with E-state index in [0.29, 0.717) is 43.4 Å². The fourth-order valence-corrected chi connectivity index (χ4v) is 4.23. The van der Waals surface area contributed by atoms with Gasteiger partial charge in [0.25, 0.3) is 11.8 Å². The van der Waals surface area contributed by atoms with Crippen LogP contribution in [0.4, 0.5) is 0 Å². The van der Waals surface area contributed by atoms with Crippen LogP contribution >= 0.6 is 12.6 Å². The number of rotatable bonds is 12. The lowest BCUT2D eigenvalue weighted by Crippen LogP contribution is -2.49. The number of thiol groups is 1. The number of imide groups is 1. The Kier molecular flexibility index (Phi) is 9.42. The molecule has 1 aliphatic rings. The van der Waals surface area contributed by atoms with Gasteiger partial charge in [0.05, 0.1) is 16.4 Å². The van der Waals surface area contributed by atoms with Gasteiger partial charge in [-0.25, -0.2) is 0 Å². The highest BCUT2D eigenvalue weighted by atomic mass is 32.1. The van der Waals surface area contributed by atoms with Gasteiger partial charge < -0.3 is 10.6 Å². The molecule has 1 aromatic carbocycles. The van der Waals surface area contributed by atoms with Gasteiger partial charge in [-0.15, -0.1) is 0 Å². The van der Waals surface area contributed by atoms with E-state index in [0.717, 1.165) is 5.69 Å². The molecule has 1 unspecified atom stereocenters. The van der Waals surface area contributed by atoms with Crippen molar-refractivity contribution in [2.24, 2.45) is 5.92 Å². The first kappa shape index (κ1) is 26.4. The van der Waals surface area contributed by atoms with E-state index in [4.69, 9.17) is 0 Å². The minimum Gasteiger partial charge on any atom is -0.354 e. The maximum absolute atomic E-state index is 12.7. The van der Waals surface area contributed by atoms with Crippen molar-refractivity contribution in [3.8, 4) is 0 Å². The van der Waals surface area contributed by atoms with Crippen LogP contribution in [0, 0.1) is 5.92 Å². The van der Waals surface area contributed by atoms with Crippen molar-refractivity contribution in [3.63, 3.8) is 0 Å². The standard InChI is InChI=1S/C26H32N4O4S/c1-17(2)16-21(23(31)28-14-12-18-8-5-6-13-27-18)29-24(32)22(35)11-7-15-30-25(33)19-9-3-4-10-20(19)26(30)34/h3-6,8-10,13,17,21-22,35H,7,11-12,14-16H2,1-2H3,(H,28,31)(H,29,32)/t21-,22?/m0/s1. The molecule has 0 saturated heterocycles. The van der Waals surface area contributed by atoms with Crippen molar-refractivity contribution >= 4 is 36.3 Å². The average molecular weight is 497 g/mol. The van der Waals surface area contributed by atoms with E-state index < -0.39 is 11.3 Å². The molecular formula is C26H32N4O4S. The molecule has 9 heteroatoms. The first-order valence-electron chi connectivity index (χ1n) is 11.9. The highest BCUT2D eigenvalue weighted by molar-refractivity contribution is 7.81. The Labute approximate surface area is 211 Å². The van der Waals surface area contributed by atoms with Crippen molar-refractivity contribution in [1.82, 2.24) is 20.5 Å². The number of pyridine rings is 1. The van der Waals surface area contributed by atoms with E-state index >= 15 is 0 Å². The van der Waals surface area contributed by atoms with Crippen LogP contribution in [0.1, 0.15) is 59.5 Å². The SMILES string of the molecule is CC(C)C[C@H](NC(=O)C(S)CCCN1C(=O)c2ccccc2C1=O)C(=O)NCCc1ccccn1. The number of hydrogen-bond acceptors (Lipinski definition) is 6. The van der Waals surface area contributed by atoms with Crippen molar-refractivity contribution in [3.05, 3.63) is 65.5 Å². The Bertz CT molecular complexity index is 1030. The van der Waals surface area contributed by atoms with Crippen LogP contribution in [0.15, 0.2) is 48.7 Å². The number of carbonyl (C=O) groups is 4. The molecule has 0 bridgehead atoms. The van der Waals surface area contributed by atoms with Gasteiger partial charge in [-0.2, -0.15) is 12.6 Å². The summed E-state index contributed by atoms with van der Waals surface area (Å²) in [7, 11) is 0. The molecule has 2 atom stereocenters. The van der Waals surface area contributed by atoms with E-state index in [9.17, 15) is 19.2 Å². The van der Waals surface area contributed by atoms with Gasteiger partial charge in [-0.3, -0.25) is 29.1 Å². The summed E-state index contributed by atoms with van der Waals surface area (Å²) in [5.74, 6) is -1.01. The van der Waals surface area contributed by atoms with Crippen LogP contribution in [0.25, 0.3) is 0 Å². The van der Waals surface area contributed by atoms with Gasteiger partial charge in [0.15, 0.2) is 0 Å². The van der Waals surface area contributed by atoms with Gasteiger partial charge in [-0.1, -0.05) is 32.0 Å². The predicted molar refractivity (Wildman–Crippen MR) is 136 cm³/mol. The summed E-state index contributed by atoms with van der Waals surface area (Å²) in [5, 5.41) is 5.03. The molecule has 0 aliphatic carbocycles. The quantitative estimate of drug-likeness (QED) is 0.309. The molecule has 0 spiro atoms. The molecule has 3 rings (SSSR count). The van der Waals surface area contributed by atoms with Gasteiger partial charge in [0, 0.05) is 31.4 Å². The van der Waals surface area contributed by atoms with Crippen molar-refractivity contribution < 1.29 is 19.2 Å². The van der Waals surface area contributed by atoms with E-state index in [2.05, 4.69) is 28.2 Å². The molecule has 1 aliphatic heterocycles. The summed E-state index contributed by atoms with van der Waals surface area (Å²) >= 11 is 4.41. The molecule has 0 saturated carbocycles. The van der Waals surface area contributed by atoms with Gasteiger partial charge in [0.2, 0.25) is 11.8 Å². The second-order valence-electron chi connectivity index (χ2n) is 9.02. The lowest BCUT2D eigenvalue weighted by molar-refractivity contribution is -0.129. The third-order valence-electron chi connectivity index (χ3n) is 5.79. The first-order valence-corrected chi connectivity index (χ1v) is 12.4. The highest BCUT2D eigenvalue weighted by Crippen LogP contribution is 2.23. The van der Waals surface area contributed by atoms with Crippen molar-refractivity contribution in [2.75, 3.05) is 13.1 Å². The Balaban J connectivity index is 1.46. The number of nitrogens with zero attached hydrogens (tertiary/aromatic N) is 2. The lowest BCUT2D eigenvalue weighted by Gasteiger charge is -2.22.